The fraction of sp³-hybridized carbons (Fsp3) is 0.435. The fourth-order valence-corrected chi connectivity index (χ4v) is 4.66. The van der Waals surface area contributed by atoms with Gasteiger partial charge in [0.2, 0.25) is 11.7 Å². The number of rotatable bonds is 4. The minimum atomic E-state index is -1.67. The van der Waals surface area contributed by atoms with Crippen LogP contribution in [0.25, 0.3) is 0 Å². The first-order valence-electron chi connectivity index (χ1n) is 9.90. The average molecular weight is 381 g/mol. The van der Waals surface area contributed by atoms with Gasteiger partial charge in [-0.1, -0.05) is 67.6 Å². The summed E-state index contributed by atoms with van der Waals surface area (Å²) in [5.74, 6) is -1.75. The van der Waals surface area contributed by atoms with Gasteiger partial charge in [0.25, 0.3) is 0 Å². The zero-order valence-electron chi connectivity index (χ0n) is 16.6. The highest BCUT2D eigenvalue weighted by Crippen LogP contribution is 2.58. The lowest BCUT2D eigenvalue weighted by molar-refractivity contribution is -0.503. The van der Waals surface area contributed by atoms with E-state index in [0.717, 1.165) is 11.1 Å². The Labute approximate surface area is 165 Å². The summed E-state index contributed by atoms with van der Waals surface area (Å²) in [5, 5.41) is 11.4. The Hall–Kier alpha value is -2.21. The van der Waals surface area contributed by atoms with Gasteiger partial charge in [0, 0.05) is 12.5 Å². The molecule has 0 spiro atoms. The fourth-order valence-electron chi connectivity index (χ4n) is 4.66. The van der Waals surface area contributed by atoms with Crippen molar-refractivity contribution in [2.45, 2.75) is 51.0 Å². The van der Waals surface area contributed by atoms with E-state index in [4.69, 9.17) is 9.78 Å². The van der Waals surface area contributed by atoms with Crippen LogP contribution in [0.15, 0.2) is 60.7 Å². The molecule has 5 heteroatoms. The van der Waals surface area contributed by atoms with E-state index in [-0.39, 0.29) is 18.5 Å². The van der Waals surface area contributed by atoms with Crippen LogP contribution in [-0.2, 0) is 20.2 Å². The quantitative estimate of drug-likeness (QED) is 0.822. The summed E-state index contributed by atoms with van der Waals surface area (Å²) < 4.78 is 0. The molecule has 0 bridgehead atoms. The summed E-state index contributed by atoms with van der Waals surface area (Å²) in [6, 6.07) is 19.5. The van der Waals surface area contributed by atoms with Crippen molar-refractivity contribution in [2.24, 2.45) is 5.41 Å². The van der Waals surface area contributed by atoms with Crippen molar-refractivity contribution in [2.75, 3.05) is 6.54 Å². The van der Waals surface area contributed by atoms with E-state index in [0.29, 0.717) is 12.8 Å². The molecule has 5 nitrogen and oxygen atoms in total. The molecule has 2 aliphatic rings. The Morgan fingerprint density at radius 3 is 2.00 bits per heavy atom. The topological polar surface area (TPSA) is 59.0 Å². The van der Waals surface area contributed by atoms with Gasteiger partial charge < -0.3 is 10.0 Å². The van der Waals surface area contributed by atoms with Crippen molar-refractivity contribution in [3.05, 3.63) is 71.8 Å². The number of β-amino-alcohol motifs (C(OH)–C–C–N with tert-alkyl or cyclic N) is 1. The largest absolute Gasteiger partial charge is 0.361 e. The zero-order valence-corrected chi connectivity index (χ0v) is 16.6. The molecule has 2 atom stereocenters. The Balaban J connectivity index is 1.89. The molecule has 28 heavy (non-hydrogen) atoms. The Kier molecular flexibility index (Phi) is 4.57. The molecule has 148 valence electrons. The molecular weight excluding hydrogens is 354 g/mol. The molecule has 1 amide bonds. The Bertz CT molecular complexity index is 814. The summed E-state index contributed by atoms with van der Waals surface area (Å²) in [7, 11) is 0. The van der Waals surface area contributed by atoms with Gasteiger partial charge in [-0.15, -0.1) is 0 Å². The van der Waals surface area contributed by atoms with Crippen molar-refractivity contribution < 1.29 is 19.7 Å². The first kappa shape index (κ1) is 19.1. The second kappa shape index (κ2) is 6.69. The third-order valence-corrected chi connectivity index (χ3v) is 6.38. The molecular formula is C23H27NO4. The van der Waals surface area contributed by atoms with Crippen LogP contribution in [0.5, 0.6) is 0 Å². The Morgan fingerprint density at radius 1 is 1.00 bits per heavy atom. The maximum absolute atomic E-state index is 13.5. The third-order valence-electron chi connectivity index (χ3n) is 6.38. The number of hydrogen-bond donors (Lipinski definition) is 1. The number of likely N-dealkylation sites (tertiary alicyclic amines) is 1. The predicted molar refractivity (Wildman–Crippen MR) is 105 cm³/mol. The van der Waals surface area contributed by atoms with Gasteiger partial charge in [0.1, 0.15) is 5.41 Å². The van der Waals surface area contributed by atoms with Crippen LogP contribution in [0.1, 0.15) is 44.7 Å². The monoisotopic (exact) mass is 381 g/mol. The number of aliphatic hydroxyl groups is 1. The van der Waals surface area contributed by atoms with Gasteiger partial charge in [-0.3, -0.25) is 4.79 Å². The minimum Gasteiger partial charge on any atom is -0.361 e. The number of nitrogens with zero attached hydrogens (tertiary/aromatic N) is 1. The minimum absolute atomic E-state index is 0.0306. The maximum atomic E-state index is 13.5. The molecule has 0 saturated carbocycles. The molecule has 0 radical (unpaired) electrons. The molecule has 2 heterocycles. The van der Waals surface area contributed by atoms with Crippen LogP contribution in [-0.4, -0.2) is 34.3 Å². The first-order chi connectivity index (χ1) is 13.4. The van der Waals surface area contributed by atoms with E-state index in [2.05, 4.69) is 0 Å². The zero-order chi connectivity index (χ0) is 20.0. The van der Waals surface area contributed by atoms with Crippen LogP contribution in [0.2, 0.25) is 0 Å². The second-order valence-corrected chi connectivity index (χ2v) is 8.15. The van der Waals surface area contributed by atoms with Gasteiger partial charge in [0.15, 0.2) is 5.60 Å². The summed E-state index contributed by atoms with van der Waals surface area (Å²) in [4.78, 5) is 27.0. The van der Waals surface area contributed by atoms with E-state index < -0.39 is 16.8 Å². The second-order valence-electron chi connectivity index (χ2n) is 8.15. The van der Waals surface area contributed by atoms with E-state index >= 15 is 0 Å². The third kappa shape index (κ3) is 2.54. The lowest BCUT2D eigenvalue weighted by atomic mass is 9.66. The van der Waals surface area contributed by atoms with Crippen LogP contribution in [0.4, 0.5) is 0 Å². The molecule has 2 aliphatic heterocycles. The number of benzene rings is 2. The van der Waals surface area contributed by atoms with Crippen LogP contribution in [0, 0.1) is 5.41 Å². The lowest BCUT2D eigenvalue weighted by Gasteiger charge is -2.49. The SMILES string of the molecule is CCC12CC(c3ccccc3)(c3ccccc3)OOC1(O)CN(C(C)C)C2=O. The molecule has 2 aromatic carbocycles. The maximum Gasteiger partial charge on any atom is 0.234 e. The number of hydrogen-bond acceptors (Lipinski definition) is 4. The predicted octanol–water partition coefficient (Wildman–Crippen LogP) is 3.62. The van der Waals surface area contributed by atoms with Gasteiger partial charge >= 0.3 is 0 Å². The standard InChI is InChI=1S/C23H27NO4/c1-4-21-15-22(18-11-7-5-8-12-18,19-13-9-6-10-14-19)27-28-23(21,26)16-24(17(2)3)20(21)25/h5-14,17,26H,4,15-16H2,1-3H3. The van der Waals surface area contributed by atoms with E-state index in [1.165, 1.54) is 0 Å². The summed E-state index contributed by atoms with van der Waals surface area (Å²) >= 11 is 0. The van der Waals surface area contributed by atoms with E-state index in [9.17, 15) is 9.90 Å². The van der Waals surface area contributed by atoms with Gasteiger partial charge in [0.05, 0.1) is 6.54 Å². The molecule has 0 aliphatic carbocycles. The summed E-state index contributed by atoms with van der Waals surface area (Å²) in [6.45, 7) is 5.94. The average Bonchev–Trinajstić information content (AvgIpc) is 2.96. The van der Waals surface area contributed by atoms with Crippen molar-refractivity contribution >= 4 is 5.91 Å². The van der Waals surface area contributed by atoms with E-state index in [1.54, 1.807) is 4.90 Å². The number of carbonyl (C=O) groups excluding carboxylic acids is 1. The van der Waals surface area contributed by atoms with Gasteiger partial charge in [-0.05, 0) is 31.4 Å². The molecule has 4 rings (SSSR count). The summed E-state index contributed by atoms with van der Waals surface area (Å²) in [5.41, 5.74) is -0.270. The van der Waals surface area contributed by atoms with Crippen molar-refractivity contribution in [3.8, 4) is 0 Å². The molecule has 2 unspecified atom stereocenters. The number of fused-ring (bicyclic) bond motifs is 1. The highest BCUT2D eigenvalue weighted by atomic mass is 17.2. The van der Waals surface area contributed by atoms with Crippen molar-refractivity contribution in [1.29, 1.82) is 0 Å². The van der Waals surface area contributed by atoms with Crippen LogP contribution >= 0.6 is 0 Å². The van der Waals surface area contributed by atoms with E-state index in [1.807, 2.05) is 81.4 Å². The molecule has 2 saturated heterocycles. The van der Waals surface area contributed by atoms with Crippen LogP contribution in [0.3, 0.4) is 0 Å². The van der Waals surface area contributed by atoms with Crippen LogP contribution < -0.4 is 0 Å². The number of amides is 1. The summed E-state index contributed by atoms with van der Waals surface area (Å²) in [6.07, 6.45) is 0.763. The lowest BCUT2D eigenvalue weighted by Crippen LogP contribution is -2.59. The van der Waals surface area contributed by atoms with Crippen molar-refractivity contribution in [1.82, 2.24) is 4.90 Å². The Morgan fingerprint density at radius 2 is 1.54 bits per heavy atom. The van der Waals surface area contributed by atoms with Crippen molar-refractivity contribution in [3.63, 3.8) is 0 Å². The smallest absolute Gasteiger partial charge is 0.234 e. The van der Waals surface area contributed by atoms with Gasteiger partial charge in [-0.25, -0.2) is 4.89 Å². The molecule has 1 N–H and O–H groups in total. The molecule has 2 aromatic rings. The highest BCUT2D eigenvalue weighted by Gasteiger charge is 2.70. The number of carbonyl (C=O) groups is 1. The van der Waals surface area contributed by atoms with Gasteiger partial charge in [-0.2, -0.15) is 4.89 Å². The molecule has 0 aromatic heterocycles. The normalized spacial score (nSPS) is 29.2. The first-order valence-corrected chi connectivity index (χ1v) is 9.90. The highest BCUT2D eigenvalue weighted by molar-refractivity contribution is 5.87. The molecule has 2 fully saturated rings.